The maximum Gasteiger partial charge on any atom is 0.122 e. The first-order chi connectivity index (χ1) is 24.9. The van der Waals surface area contributed by atoms with Crippen molar-refractivity contribution in [1.29, 1.82) is 0 Å². The molecule has 0 heterocycles. The molecule has 4 aromatic carbocycles. The Morgan fingerprint density at radius 1 is 0.352 bits per heavy atom. The van der Waals surface area contributed by atoms with Crippen LogP contribution in [0, 0.1) is 41.5 Å². The number of hydrogen-bond acceptors (Lipinski definition) is 3. The standard InChI is InChI=1S/C51H72O3/c1-31-25-37(28-43(46(31)52)49(7,8)9)19-16-22-40-34(4)41(23-17-20-38-26-32(2)47(53)44(29-38)50(10,11)12)36(6)42(35(40)5)24-18-21-39-27-33(3)48(54)45(30-39)51(13,14)15/h25-30,52-54H,16-24H2,1-15H3. The highest BCUT2D eigenvalue weighted by Crippen LogP contribution is 2.38. The van der Waals surface area contributed by atoms with Crippen LogP contribution in [0.15, 0.2) is 36.4 Å². The summed E-state index contributed by atoms with van der Waals surface area (Å²) in [4.78, 5) is 0. The molecule has 0 saturated carbocycles. The molecular formula is C51H72O3. The van der Waals surface area contributed by atoms with Crippen molar-refractivity contribution in [3.05, 3.63) is 120 Å². The summed E-state index contributed by atoms with van der Waals surface area (Å²) >= 11 is 0. The minimum Gasteiger partial charge on any atom is -0.507 e. The van der Waals surface area contributed by atoms with Crippen molar-refractivity contribution in [2.45, 2.75) is 178 Å². The van der Waals surface area contributed by atoms with Crippen molar-refractivity contribution in [3.8, 4) is 17.2 Å². The van der Waals surface area contributed by atoms with Crippen LogP contribution in [0.25, 0.3) is 0 Å². The van der Waals surface area contributed by atoms with Gasteiger partial charge in [0.05, 0.1) is 0 Å². The van der Waals surface area contributed by atoms with E-state index in [0.717, 1.165) is 91.2 Å². The second-order valence-electron chi connectivity index (χ2n) is 19.5. The summed E-state index contributed by atoms with van der Waals surface area (Å²) in [6.07, 6.45) is 9.20. The molecule has 0 aliphatic heterocycles. The van der Waals surface area contributed by atoms with Crippen LogP contribution in [-0.4, -0.2) is 15.3 Å². The third-order valence-corrected chi connectivity index (χ3v) is 11.9. The van der Waals surface area contributed by atoms with Crippen LogP contribution in [0.2, 0.25) is 0 Å². The number of aryl methyl sites for hydroxylation is 6. The number of hydrogen-bond donors (Lipinski definition) is 3. The minimum atomic E-state index is -0.112. The Hall–Kier alpha value is -3.72. The third-order valence-electron chi connectivity index (χ3n) is 11.9. The first-order valence-corrected chi connectivity index (χ1v) is 20.5. The van der Waals surface area contributed by atoms with Gasteiger partial charge in [0.15, 0.2) is 0 Å². The molecule has 3 N–H and O–H groups in total. The largest absolute Gasteiger partial charge is 0.507 e. The van der Waals surface area contributed by atoms with Gasteiger partial charge in [0.1, 0.15) is 17.2 Å². The highest BCUT2D eigenvalue weighted by molar-refractivity contribution is 5.52. The first-order valence-electron chi connectivity index (χ1n) is 20.5. The van der Waals surface area contributed by atoms with Crippen LogP contribution in [0.1, 0.15) is 165 Å². The van der Waals surface area contributed by atoms with Crippen LogP contribution >= 0.6 is 0 Å². The molecule has 0 saturated heterocycles. The Kier molecular flexibility index (Phi) is 13.2. The zero-order valence-corrected chi connectivity index (χ0v) is 36.7. The lowest BCUT2D eigenvalue weighted by Crippen LogP contribution is -2.13. The van der Waals surface area contributed by atoms with Gasteiger partial charge >= 0.3 is 0 Å². The van der Waals surface area contributed by atoms with Gasteiger partial charge in [0.2, 0.25) is 0 Å². The average Bonchev–Trinajstić information content (AvgIpc) is 3.05. The van der Waals surface area contributed by atoms with Crippen molar-refractivity contribution in [3.63, 3.8) is 0 Å². The van der Waals surface area contributed by atoms with Gasteiger partial charge in [-0.3, -0.25) is 0 Å². The van der Waals surface area contributed by atoms with E-state index in [-0.39, 0.29) is 16.2 Å². The number of phenolic OH excluding ortho intramolecular Hbond substituents is 3. The highest BCUT2D eigenvalue weighted by atomic mass is 16.3. The Bertz CT molecular complexity index is 1720. The van der Waals surface area contributed by atoms with E-state index >= 15 is 0 Å². The lowest BCUT2D eigenvalue weighted by molar-refractivity contribution is 0.441. The van der Waals surface area contributed by atoms with Crippen molar-refractivity contribution < 1.29 is 15.3 Å². The summed E-state index contributed by atoms with van der Waals surface area (Å²) in [6.45, 7) is 32.7. The second-order valence-corrected chi connectivity index (χ2v) is 19.5. The Morgan fingerprint density at radius 3 is 0.778 bits per heavy atom. The second kappa shape index (κ2) is 16.6. The molecular weight excluding hydrogens is 661 g/mol. The molecule has 0 spiro atoms. The molecule has 4 rings (SSSR count). The fourth-order valence-electron chi connectivity index (χ4n) is 8.63. The smallest absolute Gasteiger partial charge is 0.122 e. The molecule has 0 fully saturated rings. The average molecular weight is 733 g/mol. The SMILES string of the molecule is Cc1cc(CCCc2c(C)c(CCCc3cc(C)c(O)c(C(C)(C)C)c3)c(C)c(CCCc3cc(C)c(O)c(C(C)(C)C)c3)c2C)cc(C(C)(C)C)c1O. The van der Waals surface area contributed by atoms with Gasteiger partial charge in [0, 0.05) is 0 Å². The molecule has 0 atom stereocenters. The zero-order valence-electron chi connectivity index (χ0n) is 36.7. The molecule has 0 aliphatic carbocycles. The van der Waals surface area contributed by atoms with Gasteiger partial charge in [-0.25, -0.2) is 0 Å². The Labute approximate surface area is 329 Å². The fraction of sp³-hybridized carbons (Fsp3) is 0.529. The van der Waals surface area contributed by atoms with Gasteiger partial charge in [-0.05, 0) is 199 Å². The van der Waals surface area contributed by atoms with E-state index in [4.69, 9.17) is 0 Å². The highest BCUT2D eigenvalue weighted by Gasteiger charge is 2.24. The van der Waals surface area contributed by atoms with Gasteiger partial charge in [-0.15, -0.1) is 0 Å². The van der Waals surface area contributed by atoms with Gasteiger partial charge in [0.25, 0.3) is 0 Å². The summed E-state index contributed by atoms with van der Waals surface area (Å²) in [5.74, 6) is 1.29. The number of rotatable bonds is 12. The topological polar surface area (TPSA) is 60.7 Å². The van der Waals surface area contributed by atoms with Crippen molar-refractivity contribution in [1.82, 2.24) is 0 Å². The van der Waals surface area contributed by atoms with E-state index in [0.29, 0.717) is 17.2 Å². The van der Waals surface area contributed by atoms with Crippen LogP contribution in [-0.2, 0) is 54.8 Å². The van der Waals surface area contributed by atoms with Gasteiger partial charge in [-0.2, -0.15) is 0 Å². The molecule has 0 unspecified atom stereocenters. The van der Waals surface area contributed by atoms with E-state index in [1.807, 2.05) is 20.8 Å². The molecule has 0 bridgehead atoms. The maximum absolute atomic E-state index is 10.8. The van der Waals surface area contributed by atoms with Gasteiger partial charge in [-0.1, -0.05) is 98.7 Å². The molecule has 0 amide bonds. The molecule has 3 heteroatoms. The predicted molar refractivity (Wildman–Crippen MR) is 231 cm³/mol. The van der Waals surface area contributed by atoms with Crippen LogP contribution in [0.5, 0.6) is 17.2 Å². The number of aromatic hydroxyl groups is 3. The number of phenols is 3. The molecule has 0 radical (unpaired) electrons. The zero-order chi connectivity index (χ0) is 40.5. The monoisotopic (exact) mass is 733 g/mol. The number of benzene rings is 4. The van der Waals surface area contributed by atoms with Crippen molar-refractivity contribution in [2.24, 2.45) is 0 Å². The van der Waals surface area contributed by atoms with Crippen LogP contribution in [0.3, 0.4) is 0 Å². The predicted octanol–water partition coefficient (Wildman–Crippen LogP) is 13.1. The fourth-order valence-corrected chi connectivity index (χ4v) is 8.63. The molecule has 0 aromatic heterocycles. The third kappa shape index (κ3) is 9.92. The molecule has 4 aromatic rings. The first kappa shape index (κ1) is 43.0. The normalized spacial score (nSPS) is 12.5. The van der Waals surface area contributed by atoms with Crippen LogP contribution < -0.4 is 0 Å². The van der Waals surface area contributed by atoms with Crippen molar-refractivity contribution >= 4 is 0 Å². The van der Waals surface area contributed by atoms with E-state index in [1.165, 1.54) is 50.1 Å². The molecule has 0 aliphatic rings. The summed E-state index contributed by atoms with van der Waals surface area (Å²) in [7, 11) is 0. The summed E-state index contributed by atoms with van der Waals surface area (Å²) < 4.78 is 0. The lowest BCUT2D eigenvalue weighted by Gasteiger charge is -2.24. The minimum absolute atomic E-state index is 0.112. The van der Waals surface area contributed by atoms with E-state index in [9.17, 15) is 15.3 Å². The molecule has 294 valence electrons. The van der Waals surface area contributed by atoms with E-state index < -0.39 is 0 Å². The van der Waals surface area contributed by atoms with Gasteiger partial charge < -0.3 is 15.3 Å². The maximum atomic E-state index is 10.8. The quantitative estimate of drug-likeness (QED) is 0.136. The summed E-state index contributed by atoms with van der Waals surface area (Å²) in [5.41, 5.74) is 18.4. The molecule has 54 heavy (non-hydrogen) atoms. The van der Waals surface area contributed by atoms with Crippen LogP contribution in [0.4, 0.5) is 0 Å². The lowest BCUT2D eigenvalue weighted by atomic mass is 9.81. The van der Waals surface area contributed by atoms with E-state index in [2.05, 4.69) is 119 Å². The summed E-state index contributed by atoms with van der Waals surface area (Å²) in [5, 5.41) is 32.5. The Balaban J connectivity index is 1.64. The summed E-state index contributed by atoms with van der Waals surface area (Å²) in [6, 6.07) is 13.2. The molecule has 3 nitrogen and oxygen atoms in total. The Morgan fingerprint density at radius 2 is 0.574 bits per heavy atom. The van der Waals surface area contributed by atoms with E-state index in [1.54, 1.807) is 0 Å². The van der Waals surface area contributed by atoms with Crippen molar-refractivity contribution in [2.75, 3.05) is 0 Å².